The van der Waals surface area contributed by atoms with Crippen molar-refractivity contribution in [1.29, 1.82) is 0 Å². The number of benzene rings is 1. The summed E-state index contributed by atoms with van der Waals surface area (Å²) >= 11 is 1.44. The van der Waals surface area contributed by atoms with E-state index in [9.17, 15) is 18.0 Å². The first-order valence-electron chi connectivity index (χ1n) is 6.86. The topological polar surface area (TPSA) is 107 Å². The van der Waals surface area contributed by atoms with Crippen LogP contribution in [0.2, 0.25) is 0 Å². The van der Waals surface area contributed by atoms with Crippen LogP contribution in [0.5, 0.6) is 0 Å². The molecule has 1 aromatic carbocycles. The Morgan fingerprint density at radius 3 is 2.70 bits per heavy atom. The lowest BCUT2D eigenvalue weighted by atomic mass is 10.1. The fourth-order valence-electron chi connectivity index (χ4n) is 2.33. The standard InChI is InChI=1S/C14H18N2O5S2/c1-9-3-4-10(7-12(9)23(15,19)20)13(17)16-5-6-22-11(8-16)14(18)21-2/h3-4,7,11H,5-6,8H2,1-2H3,(H2,15,19,20)/t11-/m0/s1. The van der Waals surface area contributed by atoms with Crippen LogP contribution in [-0.2, 0) is 19.6 Å². The normalized spacial score (nSPS) is 18.6. The SMILES string of the molecule is COC(=O)[C@@H]1CN(C(=O)c2ccc(C)c(S(N)(=O)=O)c2)CCS1. The van der Waals surface area contributed by atoms with E-state index in [4.69, 9.17) is 9.88 Å². The van der Waals surface area contributed by atoms with Crippen molar-refractivity contribution >= 4 is 33.7 Å². The molecule has 1 fully saturated rings. The van der Waals surface area contributed by atoms with E-state index in [1.807, 2.05) is 0 Å². The lowest BCUT2D eigenvalue weighted by molar-refractivity contribution is -0.140. The molecule has 126 valence electrons. The molecule has 1 saturated heterocycles. The predicted molar refractivity (Wildman–Crippen MR) is 86.7 cm³/mol. The lowest BCUT2D eigenvalue weighted by Gasteiger charge is -2.31. The summed E-state index contributed by atoms with van der Waals surface area (Å²) in [5.41, 5.74) is 0.709. The Morgan fingerprint density at radius 2 is 2.09 bits per heavy atom. The number of methoxy groups -OCH3 is 1. The summed E-state index contributed by atoms with van der Waals surface area (Å²) in [6.07, 6.45) is 0. The third kappa shape index (κ3) is 4.04. The van der Waals surface area contributed by atoms with Gasteiger partial charge in [-0.05, 0) is 24.6 Å². The van der Waals surface area contributed by atoms with Crippen molar-refractivity contribution in [2.45, 2.75) is 17.1 Å². The van der Waals surface area contributed by atoms with Gasteiger partial charge in [-0.25, -0.2) is 13.6 Å². The van der Waals surface area contributed by atoms with Gasteiger partial charge in [0.15, 0.2) is 0 Å². The second-order valence-electron chi connectivity index (χ2n) is 5.16. The number of hydrogen-bond donors (Lipinski definition) is 1. The van der Waals surface area contributed by atoms with Crippen LogP contribution >= 0.6 is 11.8 Å². The highest BCUT2D eigenvalue weighted by atomic mass is 32.2. The molecule has 2 N–H and O–H groups in total. The highest BCUT2D eigenvalue weighted by Gasteiger charge is 2.30. The monoisotopic (exact) mass is 358 g/mol. The van der Waals surface area contributed by atoms with E-state index < -0.39 is 15.3 Å². The second-order valence-corrected chi connectivity index (χ2v) is 8.00. The zero-order valence-corrected chi connectivity index (χ0v) is 14.4. The van der Waals surface area contributed by atoms with Crippen LogP contribution in [0.25, 0.3) is 0 Å². The van der Waals surface area contributed by atoms with Crippen molar-refractivity contribution in [2.75, 3.05) is 26.0 Å². The number of rotatable bonds is 3. The maximum Gasteiger partial charge on any atom is 0.320 e. The Balaban J connectivity index is 2.25. The van der Waals surface area contributed by atoms with Crippen LogP contribution in [0.1, 0.15) is 15.9 Å². The van der Waals surface area contributed by atoms with Gasteiger partial charge in [0, 0.05) is 24.4 Å². The van der Waals surface area contributed by atoms with Gasteiger partial charge in [-0.3, -0.25) is 9.59 Å². The van der Waals surface area contributed by atoms with E-state index in [2.05, 4.69) is 0 Å². The second kappa shape index (κ2) is 6.90. The van der Waals surface area contributed by atoms with E-state index >= 15 is 0 Å². The number of nitrogens with two attached hydrogens (primary N) is 1. The number of carbonyl (C=O) groups excluding carboxylic acids is 2. The first-order chi connectivity index (χ1) is 10.7. The van der Waals surface area contributed by atoms with Crippen molar-refractivity contribution < 1.29 is 22.7 Å². The fourth-order valence-corrected chi connectivity index (χ4v) is 4.27. The Bertz CT molecular complexity index is 733. The summed E-state index contributed by atoms with van der Waals surface area (Å²) in [7, 11) is -2.59. The summed E-state index contributed by atoms with van der Waals surface area (Å²) in [4.78, 5) is 25.7. The average molecular weight is 358 g/mol. The quantitative estimate of drug-likeness (QED) is 0.783. The zero-order valence-electron chi connectivity index (χ0n) is 12.8. The summed E-state index contributed by atoms with van der Waals surface area (Å²) in [6.45, 7) is 2.32. The van der Waals surface area contributed by atoms with Gasteiger partial charge in [-0.15, -0.1) is 11.8 Å². The molecule has 1 heterocycles. The number of ether oxygens (including phenoxy) is 1. The smallest absolute Gasteiger partial charge is 0.320 e. The Morgan fingerprint density at radius 1 is 1.39 bits per heavy atom. The minimum Gasteiger partial charge on any atom is -0.468 e. The van der Waals surface area contributed by atoms with Crippen LogP contribution in [0.4, 0.5) is 0 Å². The Hall–Kier alpha value is -1.58. The molecule has 1 aliphatic heterocycles. The number of amides is 1. The van der Waals surface area contributed by atoms with Gasteiger partial charge in [-0.2, -0.15) is 0 Å². The van der Waals surface area contributed by atoms with Gasteiger partial charge in [0.1, 0.15) is 5.25 Å². The van der Waals surface area contributed by atoms with Gasteiger partial charge < -0.3 is 9.64 Å². The van der Waals surface area contributed by atoms with Gasteiger partial charge in [0.2, 0.25) is 10.0 Å². The van der Waals surface area contributed by atoms with Crippen molar-refractivity contribution in [2.24, 2.45) is 5.14 Å². The van der Waals surface area contributed by atoms with Crippen LogP contribution < -0.4 is 5.14 Å². The zero-order chi connectivity index (χ0) is 17.2. The molecule has 23 heavy (non-hydrogen) atoms. The van der Waals surface area contributed by atoms with Gasteiger partial charge in [0.05, 0.1) is 12.0 Å². The van der Waals surface area contributed by atoms with Crippen LogP contribution in [0.15, 0.2) is 23.1 Å². The highest BCUT2D eigenvalue weighted by molar-refractivity contribution is 8.00. The van der Waals surface area contributed by atoms with Crippen molar-refractivity contribution in [1.82, 2.24) is 4.90 Å². The van der Waals surface area contributed by atoms with E-state index in [1.165, 1.54) is 29.8 Å². The third-order valence-electron chi connectivity index (χ3n) is 3.56. The molecule has 1 atom stereocenters. The summed E-state index contributed by atoms with van der Waals surface area (Å²) < 4.78 is 27.9. The molecule has 0 unspecified atom stereocenters. The van der Waals surface area contributed by atoms with Crippen molar-refractivity contribution in [3.8, 4) is 0 Å². The molecule has 2 rings (SSSR count). The van der Waals surface area contributed by atoms with Crippen LogP contribution in [0.3, 0.4) is 0 Å². The van der Waals surface area contributed by atoms with Gasteiger partial charge >= 0.3 is 5.97 Å². The summed E-state index contributed by atoms with van der Waals surface area (Å²) in [5.74, 6) is -0.0925. The van der Waals surface area contributed by atoms with Gasteiger partial charge in [0.25, 0.3) is 5.91 Å². The molecule has 0 radical (unpaired) electrons. The van der Waals surface area contributed by atoms with Crippen molar-refractivity contribution in [3.63, 3.8) is 0 Å². The van der Waals surface area contributed by atoms with E-state index in [1.54, 1.807) is 19.1 Å². The maximum absolute atomic E-state index is 12.6. The molecule has 1 aliphatic rings. The Kier molecular flexibility index (Phi) is 5.33. The van der Waals surface area contributed by atoms with Crippen LogP contribution in [0, 0.1) is 6.92 Å². The number of nitrogens with zero attached hydrogens (tertiary/aromatic N) is 1. The average Bonchev–Trinajstić information content (AvgIpc) is 2.53. The number of carbonyl (C=O) groups is 2. The molecule has 9 heteroatoms. The summed E-state index contributed by atoms with van der Waals surface area (Å²) in [6, 6.07) is 4.38. The number of esters is 1. The number of primary sulfonamides is 1. The van der Waals surface area contributed by atoms with Crippen LogP contribution in [-0.4, -0.2) is 56.4 Å². The number of sulfonamides is 1. The Labute approximate surface area is 139 Å². The first-order valence-corrected chi connectivity index (χ1v) is 9.45. The third-order valence-corrected chi connectivity index (χ3v) is 5.77. The van der Waals surface area contributed by atoms with E-state index in [-0.39, 0.29) is 28.9 Å². The molecular weight excluding hydrogens is 340 g/mol. The number of thioether (sulfide) groups is 1. The lowest BCUT2D eigenvalue weighted by Crippen LogP contribution is -2.45. The molecule has 1 aromatic rings. The first kappa shape index (κ1) is 17.8. The highest BCUT2D eigenvalue weighted by Crippen LogP contribution is 2.23. The molecule has 0 spiro atoms. The molecule has 0 bridgehead atoms. The molecule has 7 nitrogen and oxygen atoms in total. The van der Waals surface area contributed by atoms with Gasteiger partial charge in [-0.1, -0.05) is 6.07 Å². The number of aryl methyl sites for hydroxylation is 1. The van der Waals surface area contributed by atoms with E-state index in [0.717, 1.165) is 0 Å². The largest absolute Gasteiger partial charge is 0.468 e. The minimum atomic E-state index is -3.90. The molecular formula is C14H18N2O5S2. The van der Waals surface area contributed by atoms with E-state index in [0.29, 0.717) is 17.9 Å². The molecule has 0 aromatic heterocycles. The molecule has 0 saturated carbocycles. The number of hydrogen-bond acceptors (Lipinski definition) is 6. The fraction of sp³-hybridized carbons (Fsp3) is 0.429. The molecule has 1 amide bonds. The minimum absolute atomic E-state index is 0.0701. The maximum atomic E-state index is 12.6. The molecule has 0 aliphatic carbocycles. The predicted octanol–water partition coefficient (Wildman–Crippen LogP) is 0.373. The summed E-state index contributed by atoms with van der Waals surface area (Å²) in [5, 5.41) is 4.74. The van der Waals surface area contributed by atoms with Crippen molar-refractivity contribution in [3.05, 3.63) is 29.3 Å².